The molecule has 0 bridgehead atoms. The fraction of sp³-hybridized carbons (Fsp3) is 0.417. The minimum Gasteiger partial charge on any atom is -0.294 e. The zero-order valence-corrected chi connectivity index (χ0v) is 7.92. The van der Waals surface area contributed by atoms with Crippen molar-refractivity contribution < 1.29 is 4.79 Å². The molecule has 1 aliphatic carbocycles. The average Bonchev–Trinajstić information content (AvgIpc) is 2.18. The molecule has 0 radical (unpaired) electrons. The monoisotopic (exact) mass is 174 g/mol. The molecule has 1 aromatic carbocycles. The highest BCUT2D eigenvalue weighted by Gasteiger charge is 2.22. The maximum atomic E-state index is 11.7. The van der Waals surface area contributed by atoms with E-state index in [1.165, 1.54) is 5.56 Å². The number of ketones is 1. The lowest BCUT2D eigenvalue weighted by Crippen LogP contribution is -2.19. The third kappa shape index (κ3) is 1.51. The van der Waals surface area contributed by atoms with Crippen LogP contribution in [0.15, 0.2) is 24.3 Å². The van der Waals surface area contributed by atoms with Crippen molar-refractivity contribution in [3.05, 3.63) is 35.4 Å². The molecule has 0 saturated carbocycles. The fourth-order valence-electron chi connectivity index (χ4n) is 2.01. The van der Waals surface area contributed by atoms with Crippen molar-refractivity contribution in [3.8, 4) is 0 Å². The van der Waals surface area contributed by atoms with Crippen LogP contribution in [0.25, 0.3) is 0 Å². The highest BCUT2D eigenvalue weighted by Crippen LogP contribution is 2.26. The number of carbonyl (C=O) groups is 1. The first-order chi connectivity index (χ1) is 6.31. The Morgan fingerprint density at radius 1 is 1.31 bits per heavy atom. The number of carbonyl (C=O) groups excluding carboxylic acids is 1. The van der Waals surface area contributed by atoms with Gasteiger partial charge in [0.15, 0.2) is 5.78 Å². The standard InChI is InChI=1S/C12H14O/c1-2-9-7-10-5-3-4-6-11(10)12(13)8-9/h3-6,9H,2,7-8H2,1H3/t9-/m0/s1. The zero-order valence-electron chi connectivity index (χ0n) is 7.92. The van der Waals surface area contributed by atoms with E-state index in [0.717, 1.165) is 24.8 Å². The second-order valence-corrected chi connectivity index (χ2v) is 3.76. The molecule has 0 unspecified atom stereocenters. The first-order valence-electron chi connectivity index (χ1n) is 4.92. The van der Waals surface area contributed by atoms with Gasteiger partial charge in [-0.05, 0) is 17.9 Å². The molecule has 0 heterocycles. The van der Waals surface area contributed by atoms with Gasteiger partial charge in [0.2, 0.25) is 0 Å². The highest BCUT2D eigenvalue weighted by atomic mass is 16.1. The van der Waals surface area contributed by atoms with E-state index in [-0.39, 0.29) is 0 Å². The van der Waals surface area contributed by atoms with E-state index >= 15 is 0 Å². The van der Waals surface area contributed by atoms with Gasteiger partial charge in [-0.3, -0.25) is 4.79 Å². The Bertz CT molecular complexity index is 328. The maximum absolute atomic E-state index is 11.7. The third-order valence-electron chi connectivity index (χ3n) is 2.88. The lowest BCUT2D eigenvalue weighted by molar-refractivity contribution is 0.0947. The van der Waals surface area contributed by atoms with Crippen molar-refractivity contribution in [1.29, 1.82) is 0 Å². The molecule has 0 N–H and O–H groups in total. The molecule has 68 valence electrons. The lowest BCUT2D eigenvalue weighted by Gasteiger charge is -2.21. The first-order valence-corrected chi connectivity index (χ1v) is 4.92. The van der Waals surface area contributed by atoms with Crippen LogP contribution in [0.3, 0.4) is 0 Å². The molecule has 2 rings (SSSR count). The van der Waals surface area contributed by atoms with E-state index in [1.54, 1.807) is 0 Å². The van der Waals surface area contributed by atoms with E-state index in [1.807, 2.05) is 18.2 Å². The summed E-state index contributed by atoms with van der Waals surface area (Å²) >= 11 is 0. The van der Waals surface area contributed by atoms with Crippen LogP contribution in [0.1, 0.15) is 35.7 Å². The predicted octanol–water partition coefficient (Wildman–Crippen LogP) is 2.84. The van der Waals surface area contributed by atoms with Crippen molar-refractivity contribution in [2.75, 3.05) is 0 Å². The Kier molecular flexibility index (Phi) is 2.17. The number of benzene rings is 1. The van der Waals surface area contributed by atoms with Gasteiger partial charge >= 0.3 is 0 Å². The van der Waals surface area contributed by atoms with E-state index in [4.69, 9.17) is 0 Å². The van der Waals surface area contributed by atoms with Gasteiger partial charge in [-0.1, -0.05) is 37.6 Å². The summed E-state index contributed by atoms with van der Waals surface area (Å²) in [5.41, 5.74) is 2.19. The summed E-state index contributed by atoms with van der Waals surface area (Å²) in [6, 6.07) is 7.99. The molecule has 1 aromatic rings. The molecule has 0 aromatic heterocycles. The molecule has 0 fully saturated rings. The van der Waals surface area contributed by atoms with Crippen LogP contribution >= 0.6 is 0 Å². The topological polar surface area (TPSA) is 17.1 Å². The van der Waals surface area contributed by atoms with E-state index in [2.05, 4.69) is 13.0 Å². The van der Waals surface area contributed by atoms with Crippen molar-refractivity contribution >= 4 is 5.78 Å². The Morgan fingerprint density at radius 2 is 2.08 bits per heavy atom. The molecule has 13 heavy (non-hydrogen) atoms. The van der Waals surface area contributed by atoms with E-state index in [9.17, 15) is 4.79 Å². The molecule has 0 saturated heterocycles. The molecule has 0 amide bonds. The van der Waals surface area contributed by atoms with Gasteiger partial charge in [0.1, 0.15) is 0 Å². The summed E-state index contributed by atoms with van der Waals surface area (Å²) in [4.78, 5) is 11.7. The van der Waals surface area contributed by atoms with E-state index < -0.39 is 0 Å². The quantitative estimate of drug-likeness (QED) is 0.639. The van der Waals surface area contributed by atoms with Gasteiger partial charge in [0, 0.05) is 12.0 Å². The van der Waals surface area contributed by atoms with Gasteiger partial charge in [0.05, 0.1) is 0 Å². The minimum absolute atomic E-state index is 0.328. The van der Waals surface area contributed by atoms with Gasteiger partial charge in [-0.15, -0.1) is 0 Å². The summed E-state index contributed by atoms with van der Waals surface area (Å²) in [7, 11) is 0. The second kappa shape index (κ2) is 3.33. The van der Waals surface area contributed by atoms with Gasteiger partial charge in [0.25, 0.3) is 0 Å². The number of Topliss-reactive ketones (excluding diaryl/α,β-unsaturated/α-hetero) is 1. The Balaban J connectivity index is 2.37. The molecular weight excluding hydrogens is 160 g/mol. The summed E-state index contributed by atoms with van der Waals surface area (Å²) in [5, 5.41) is 0. The second-order valence-electron chi connectivity index (χ2n) is 3.76. The van der Waals surface area contributed by atoms with Crippen molar-refractivity contribution in [2.24, 2.45) is 5.92 Å². The summed E-state index contributed by atoms with van der Waals surface area (Å²) in [6.45, 7) is 2.16. The van der Waals surface area contributed by atoms with Crippen molar-refractivity contribution in [1.82, 2.24) is 0 Å². The van der Waals surface area contributed by atoms with Crippen LogP contribution in [0, 0.1) is 5.92 Å². The molecule has 1 atom stereocenters. The number of fused-ring (bicyclic) bond motifs is 1. The van der Waals surface area contributed by atoms with Crippen LogP contribution in [-0.2, 0) is 6.42 Å². The highest BCUT2D eigenvalue weighted by molar-refractivity contribution is 5.98. The average molecular weight is 174 g/mol. The number of hydrogen-bond acceptors (Lipinski definition) is 1. The van der Waals surface area contributed by atoms with Crippen LogP contribution in [0.5, 0.6) is 0 Å². The SMILES string of the molecule is CC[C@@H]1CC(=O)c2ccccc2C1. The summed E-state index contributed by atoms with van der Waals surface area (Å²) in [5.74, 6) is 0.899. The Morgan fingerprint density at radius 3 is 2.85 bits per heavy atom. The predicted molar refractivity (Wildman–Crippen MR) is 52.9 cm³/mol. The zero-order chi connectivity index (χ0) is 9.26. The molecule has 0 aliphatic heterocycles. The molecule has 1 nitrogen and oxygen atoms in total. The van der Waals surface area contributed by atoms with Crippen molar-refractivity contribution in [3.63, 3.8) is 0 Å². The Labute approximate surface area is 78.8 Å². The van der Waals surface area contributed by atoms with Gasteiger partial charge in [-0.2, -0.15) is 0 Å². The maximum Gasteiger partial charge on any atom is 0.163 e. The van der Waals surface area contributed by atoms with Crippen LogP contribution in [0.2, 0.25) is 0 Å². The van der Waals surface area contributed by atoms with Gasteiger partial charge < -0.3 is 0 Å². The fourth-order valence-corrected chi connectivity index (χ4v) is 2.01. The van der Waals surface area contributed by atoms with Crippen LogP contribution in [0.4, 0.5) is 0 Å². The number of hydrogen-bond donors (Lipinski definition) is 0. The smallest absolute Gasteiger partial charge is 0.163 e. The molecule has 1 heteroatoms. The minimum atomic E-state index is 0.328. The molecule has 1 aliphatic rings. The van der Waals surface area contributed by atoms with Crippen molar-refractivity contribution in [2.45, 2.75) is 26.2 Å². The van der Waals surface area contributed by atoms with Gasteiger partial charge in [-0.25, -0.2) is 0 Å². The lowest BCUT2D eigenvalue weighted by atomic mass is 9.82. The van der Waals surface area contributed by atoms with Crippen LogP contribution < -0.4 is 0 Å². The summed E-state index contributed by atoms with van der Waals surface area (Å²) < 4.78 is 0. The molecular formula is C12H14O. The van der Waals surface area contributed by atoms with Crippen LogP contribution in [-0.4, -0.2) is 5.78 Å². The summed E-state index contributed by atoms with van der Waals surface area (Å²) in [6.07, 6.45) is 2.94. The number of rotatable bonds is 1. The largest absolute Gasteiger partial charge is 0.294 e. The van der Waals surface area contributed by atoms with E-state index in [0.29, 0.717) is 11.7 Å². The third-order valence-corrected chi connectivity index (χ3v) is 2.88. The normalized spacial score (nSPS) is 21.3. The molecule has 0 spiro atoms. The first kappa shape index (κ1) is 8.49. The Hall–Kier alpha value is -1.11.